The van der Waals surface area contributed by atoms with Crippen molar-refractivity contribution in [3.63, 3.8) is 0 Å². The van der Waals surface area contributed by atoms with Crippen molar-refractivity contribution < 1.29 is 14.3 Å². The summed E-state index contributed by atoms with van der Waals surface area (Å²) < 4.78 is 10.6. The minimum absolute atomic E-state index is 0.250. The molecule has 1 amide bonds. The van der Waals surface area contributed by atoms with E-state index in [9.17, 15) is 4.79 Å². The van der Waals surface area contributed by atoms with Gasteiger partial charge >= 0.3 is 0 Å². The summed E-state index contributed by atoms with van der Waals surface area (Å²) in [6.07, 6.45) is 0. The van der Waals surface area contributed by atoms with E-state index < -0.39 is 0 Å². The maximum Gasteiger partial charge on any atom is 0.257 e. The molecule has 0 spiro atoms. The van der Waals surface area contributed by atoms with Gasteiger partial charge in [-0.05, 0) is 43.4 Å². The van der Waals surface area contributed by atoms with Crippen LogP contribution in [0.5, 0.6) is 5.75 Å². The second kappa shape index (κ2) is 8.44. The zero-order chi connectivity index (χ0) is 14.1. The molecule has 0 fully saturated rings. The largest absolute Gasteiger partial charge is 0.491 e. The number of nitrogens with one attached hydrogen (secondary N) is 2. The Labute approximate surface area is 118 Å². The summed E-state index contributed by atoms with van der Waals surface area (Å²) in [5.41, 5.74) is 0.523. The summed E-state index contributed by atoms with van der Waals surface area (Å²) in [5, 5.41) is 5.52. The lowest BCUT2D eigenvalue weighted by Crippen LogP contribution is -2.37. The van der Waals surface area contributed by atoms with Crippen LogP contribution >= 0.6 is 12.2 Å². The van der Waals surface area contributed by atoms with Crippen LogP contribution in [-0.2, 0) is 4.74 Å². The first-order valence-electron chi connectivity index (χ1n) is 6.01. The number of hydrogen-bond donors (Lipinski definition) is 2. The highest BCUT2D eigenvalue weighted by atomic mass is 32.1. The van der Waals surface area contributed by atoms with Crippen molar-refractivity contribution in [1.29, 1.82) is 0 Å². The van der Waals surface area contributed by atoms with E-state index in [1.165, 1.54) is 0 Å². The third-order valence-corrected chi connectivity index (χ3v) is 2.58. The van der Waals surface area contributed by atoms with Gasteiger partial charge in [-0.2, -0.15) is 0 Å². The summed E-state index contributed by atoms with van der Waals surface area (Å²) in [6.45, 7) is 3.65. The summed E-state index contributed by atoms with van der Waals surface area (Å²) in [6, 6.07) is 6.85. The lowest BCUT2D eigenvalue weighted by Gasteiger charge is -2.08. The van der Waals surface area contributed by atoms with Gasteiger partial charge in [-0.15, -0.1) is 0 Å². The standard InChI is InChI=1S/C13H18N2O3S/c1-3-17-8-9-18-11-6-4-10(5-7-11)12(16)15-13(19)14-2/h4-7H,3,8-9H2,1-2H3,(H2,14,15,16,19). The molecule has 1 aromatic rings. The minimum atomic E-state index is -0.250. The number of rotatable bonds is 6. The second-order valence-electron chi connectivity index (χ2n) is 3.60. The molecule has 5 nitrogen and oxygen atoms in total. The lowest BCUT2D eigenvalue weighted by molar-refractivity contribution is 0.0976. The Morgan fingerprint density at radius 1 is 1.26 bits per heavy atom. The summed E-state index contributed by atoms with van der Waals surface area (Å²) in [5.74, 6) is 0.452. The average molecular weight is 282 g/mol. The number of amides is 1. The van der Waals surface area contributed by atoms with E-state index in [1.807, 2.05) is 6.92 Å². The molecule has 104 valence electrons. The predicted molar refractivity (Wildman–Crippen MR) is 77.6 cm³/mol. The Kier molecular flexibility index (Phi) is 6.84. The zero-order valence-corrected chi connectivity index (χ0v) is 11.9. The number of carbonyl (C=O) groups excluding carboxylic acids is 1. The predicted octanol–water partition coefficient (Wildman–Crippen LogP) is 1.34. The molecule has 0 atom stereocenters. The van der Waals surface area contributed by atoms with Crippen molar-refractivity contribution in [2.24, 2.45) is 0 Å². The van der Waals surface area contributed by atoms with Gasteiger partial charge in [-0.3, -0.25) is 10.1 Å². The number of carbonyl (C=O) groups is 1. The monoisotopic (exact) mass is 282 g/mol. The molecule has 2 N–H and O–H groups in total. The maximum absolute atomic E-state index is 11.7. The molecule has 0 saturated carbocycles. The van der Waals surface area contributed by atoms with E-state index in [4.69, 9.17) is 21.7 Å². The van der Waals surface area contributed by atoms with E-state index >= 15 is 0 Å². The van der Waals surface area contributed by atoms with Crippen molar-refractivity contribution in [2.45, 2.75) is 6.92 Å². The van der Waals surface area contributed by atoms with E-state index in [0.29, 0.717) is 36.2 Å². The van der Waals surface area contributed by atoms with Crippen LogP contribution in [0, 0.1) is 0 Å². The molecule has 0 aliphatic rings. The highest BCUT2D eigenvalue weighted by Gasteiger charge is 2.06. The molecular weight excluding hydrogens is 264 g/mol. The normalized spacial score (nSPS) is 9.79. The number of benzene rings is 1. The van der Waals surface area contributed by atoms with Crippen LogP contribution in [0.15, 0.2) is 24.3 Å². The SMILES string of the molecule is CCOCCOc1ccc(C(=O)NC(=S)NC)cc1. The fourth-order valence-electron chi connectivity index (χ4n) is 1.30. The van der Waals surface area contributed by atoms with Crippen LogP contribution in [0.3, 0.4) is 0 Å². The van der Waals surface area contributed by atoms with Crippen molar-refractivity contribution in [2.75, 3.05) is 26.9 Å². The van der Waals surface area contributed by atoms with Gasteiger partial charge < -0.3 is 14.8 Å². The molecule has 1 rings (SSSR count). The minimum Gasteiger partial charge on any atom is -0.491 e. The molecule has 0 radical (unpaired) electrons. The molecule has 0 unspecified atom stereocenters. The quantitative estimate of drug-likeness (QED) is 0.609. The van der Waals surface area contributed by atoms with Gasteiger partial charge in [0.2, 0.25) is 0 Å². The van der Waals surface area contributed by atoms with Crippen LogP contribution in [0.1, 0.15) is 17.3 Å². The molecule has 0 aliphatic carbocycles. The summed E-state index contributed by atoms with van der Waals surface area (Å²) >= 11 is 4.86. The van der Waals surface area contributed by atoms with Crippen LogP contribution in [0.25, 0.3) is 0 Å². The van der Waals surface area contributed by atoms with Gasteiger partial charge in [-0.25, -0.2) is 0 Å². The number of thiocarbonyl (C=S) groups is 1. The van der Waals surface area contributed by atoms with Crippen LogP contribution in [0.2, 0.25) is 0 Å². The third-order valence-electron chi connectivity index (χ3n) is 2.27. The maximum atomic E-state index is 11.7. The first-order valence-corrected chi connectivity index (χ1v) is 6.42. The zero-order valence-electron chi connectivity index (χ0n) is 11.1. The number of ether oxygens (including phenoxy) is 2. The number of hydrogen-bond acceptors (Lipinski definition) is 4. The first-order chi connectivity index (χ1) is 9.17. The highest BCUT2D eigenvalue weighted by Crippen LogP contribution is 2.12. The van der Waals surface area contributed by atoms with E-state index in [0.717, 1.165) is 0 Å². The Hall–Kier alpha value is -1.66. The van der Waals surface area contributed by atoms with Crippen molar-refractivity contribution in [3.05, 3.63) is 29.8 Å². The smallest absolute Gasteiger partial charge is 0.257 e. The Morgan fingerprint density at radius 3 is 2.53 bits per heavy atom. The Bertz CT molecular complexity index is 420. The van der Waals surface area contributed by atoms with Crippen molar-refractivity contribution >= 4 is 23.2 Å². The topological polar surface area (TPSA) is 59.6 Å². The molecule has 0 aliphatic heterocycles. The van der Waals surface area contributed by atoms with Crippen molar-refractivity contribution in [1.82, 2.24) is 10.6 Å². The van der Waals surface area contributed by atoms with E-state index in [2.05, 4.69) is 10.6 Å². The van der Waals surface area contributed by atoms with Crippen LogP contribution in [0.4, 0.5) is 0 Å². The highest BCUT2D eigenvalue weighted by molar-refractivity contribution is 7.80. The average Bonchev–Trinajstić information content (AvgIpc) is 2.44. The van der Waals surface area contributed by atoms with Crippen molar-refractivity contribution in [3.8, 4) is 5.75 Å². The fourth-order valence-corrected chi connectivity index (χ4v) is 1.40. The molecule has 0 heterocycles. The Balaban J connectivity index is 2.46. The van der Waals surface area contributed by atoms with Gasteiger partial charge in [0.05, 0.1) is 6.61 Å². The van der Waals surface area contributed by atoms with Gasteiger partial charge in [0.25, 0.3) is 5.91 Å². The third kappa shape index (κ3) is 5.67. The summed E-state index contributed by atoms with van der Waals surface area (Å²) in [7, 11) is 1.65. The van der Waals surface area contributed by atoms with Gasteiger partial charge in [-0.1, -0.05) is 0 Å². The first kappa shape index (κ1) is 15.4. The van der Waals surface area contributed by atoms with Gasteiger partial charge in [0.1, 0.15) is 12.4 Å². The van der Waals surface area contributed by atoms with Crippen LogP contribution in [-0.4, -0.2) is 37.9 Å². The molecule has 1 aromatic carbocycles. The molecule has 0 saturated heterocycles. The van der Waals surface area contributed by atoms with E-state index in [1.54, 1.807) is 31.3 Å². The fraction of sp³-hybridized carbons (Fsp3) is 0.385. The Morgan fingerprint density at radius 2 is 1.95 bits per heavy atom. The lowest BCUT2D eigenvalue weighted by atomic mass is 10.2. The van der Waals surface area contributed by atoms with E-state index in [-0.39, 0.29) is 5.91 Å². The molecule has 0 bridgehead atoms. The molecule has 0 aromatic heterocycles. The molecule has 6 heteroatoms. The molecule has 19 heavy (non-hydrogen) atoms. The van der Waals surface area contributed by atoms with Gasteiger partial charge in [0.15, 0.2) is 5.11 Å². The second-order valence-corrected chi connectivity index (χ2v) is 4.01. The summed E-state index contributed by atoms with van der Waals surface area (Å²) in [4.78, 5) is 11.7. The van der Waals surface area contributed by atoms with Crippen LogP contribution < -0.4 is 15.4 Å². The molecular formula is C13H18N2O3S. The van der Waals surface area contributed by atoms with Gasteiger partial charge in [0, 0.05) is 19.2 Å².